The Morgan fingerprint density at radius 2 is 1.67 bits per heavy atom. The molecule has 0 aromatic rings. The zero-order valence-corrected chi connectivity index (χ0v) is 21.0. The Balaban J connectivity index is 1.54. The van der Waals surface area contributed by atoms with Crippen molar-refractivity contribution in [1.29, 1.82) is 0 Å². The van der Waals surface area contributed by atoms with Crippen LogP contribution >= 0.6 is 0 Å². The van der Waals surface area contributed by atoms with Crippen LogP contribution in [-0.2, 0) is 0 Å². The standard InChI is InChI=1S/C29H50O/c1-20(22(3)19-30)10-11-21(2)24-14-17-29(6)26-13-12-23-9-7-8-16-27(23,4)25(26)15-18-28(24,29)5/h15,20-24,26,30H,7-14,16-19H2,1-6H3/t20-,21+,22?,23?,24+,26+,27-,28+,29-/m0/s1. The molecule has 0 bridgehead atoms. The smallest absolute Gasteiger partial charge is 0.0459 e. The highest BCUT2D eigenvalue weighted by Crippen LogP contribution is 2.71. The second-order valence-corrected chi connectivity index (χ2v) is 13.0. The number of aliphatic hydroxyl groups excluding tert-OH is 1. The molecule has 0 aromatic heterocycles. The lowest BCUT2D eigenvalue weighted by Gasteiger charge is -2.61. The maximum atomic E-state index is 9.52. The second kappa shape index (κ2) is 8.24. The average Bonchev–Trinajstić information content (AvgIpc) is 3.02. The largest absolute Gasteiger partial charge is 0.396 e. The molecule has 4 aliphatic carbocycles. The Kier molecular flexibility index (Phi) is 6.28. The van der Waals surface area contributed by atoms with Gasteiger partial charge in [-0.1, -0.05) is 78.9 Å². The molecule has 0 spiro atoms. The van der Waals surface area contributed by atoms with Crippen LogP contribution in [-0.4, -0.2) is 11.7 Å². The molecule has 1 N–H and O–H groups in total. The van der Waals surface area contributed by atoms with Crippen LogP contribution in [0.4, 0.5) is 0 Å². The highest BCUT2D eigenvalue weighted by atomic mass is 16.3. The van der Waals surface area contributed by atoms with Crippen LogP contribution in [0, 0.1) is 51.8 Å². The van der Waals surface area contributed by atoms with Gasteiger partial charge in [-0.05, 0) is 96.7 Å². The summed E-state index contributed by atoms with van der Waals surface area (Å²) in [4.78, 5) is 0. The van der Waals surface area contributed by atoms with Crippen LogP contribution in [0.3, 0.4) is 0 Å². The summed E-state index contributed by atoms with van der Waals surface area (Å²) in [7, 11) is 0. The Morgan fingerprint density at radius 1 is 0.900 bits per heavy atom. The SMILES string of the molecule is CC(CO)[C@@H](C)CC[C@@H](C)[C@H]1CC[C@@]2(C)[C@@H]3CCC4CCCC[C@]4(C)C3=CC[C@]12C. The molecule has 0 heterocycles. The summed E-state index contributed by atoms with van der Waals surface area (Å²) >= 11 is 0. The Labute approximate surface area is 187 Å². The van der Waals surface area contributed by atoms with E-state index < -0.39 is 0 Å². The van der Waals surface area contributed by atoms with E-state index in [0.717, 1.165) is 23.7 Å². The van der Waals surface area contributed by atoms with Gasteiger partial charge < -0.3 is 5.11 Å². The molecule has 1 heteroatoms. The summed E-state index contributed by atoms with van der Waals surface area (Å²) in [6, 6.07) is 0. The van der Waals surface area contributed by atoms with Crippen molar-refractivity contribution in [2.45, 2.75) is 112 Å². The summed E-state index contributed by atoms with van der Waals surface area (Å²) in [5, 5.41) is 9.52. The molecular weight excluding hydrogens is 364 g/mol. The summed E-state index contributed by atoms with van der Waals surface area (Å²) in [5.41, 5.74) is 3.41. The van der Waals surface area contributed by atoms with Crippen LogP contribution in [0.1, 0.15) is 112 Å². The molecule has 9 atom stereocenters. The number of rotatable bonds is 6. The van der Waals surface area contributed by atoms with Gasteiger partial charge in [0.1, 0.15) is 0 Å². The van der Waals surface area contributed by atoms with E-state index in [1.165, 1.54) is 70.6 Å². The monoisotopic (exact) mass is 414 g/mol. The van der Waals surface area contributed by atoms with Gasteiger partial charge in [-0.2, -0.15) is 0 Å². The predicted octanol–water partition coefficient (Wildman–Crippen LogP) is 8.03. The summed E-state index contributed by atoms with van der Waals surface area (Å²) in [6.45, 7) is 15.5. The third-order valence-electron chi connectivity index (χ3n) is 11.9. The number of fused-ring (bicyclic) bond motifs is 5. The van der Waals surface area contributed by atoms with E-state index in [2.05, 4.69) is 47.6 Å². The normalized spacial score (nSPS) is 46.2. The molecule has 4 rings (SSSR count). The minimum Gasteiger partial charge on any atom is -0.396 e. The highest BCUT2D eigenvalue weighted by Gasteiger charge is 2.63. The van der Waals surface area contributed by atoms with E-state index in [0.29, 0.717) is 34.7 Å². The number of hydrogen-bond acceptors (Lipinski definition) is 1. The van der Waals surface area contributed by atoms with Gasteiger partial charge in [-0.25, -0.2) is 0 Å². The fourth-order valence-electron chi connectivity index (χ4n) is 9.07. The Morgan fingerprint density at radius 3 is 2.40 bits per heavy atom. The van der Waals surface area contributed by atoms with E-state index in [1.807, 2.05) is 5.57 Å². The Hall–Kier alpha value is -0.300. The van der Waals surface area contributed by atoms with Crippen LogP contribution in [0.2, 0.25) is 0 Å². The fraction of sp³-hybridized carbons (Fsp3) is 0.931. The molecule has 0 aromatic carbocycles. The maximum absolute atomic E-state index is 9.52. The van der Waals surface area contributed by atoms with E-state index in [1.54, 1.807) is 0 Å². The summed E-state index contributed by atoms with van der Waals surface area (Å²) < 4.78 is 0. The van der Waals surface area contributed by atoms with Gasteiger partial charge >= 0.3 is 0 Å². The van der Waals surface area contributed by atoms with Gasteiger partial charge in [0.25, 0.3) is 0 Å². The molecule has 1 nitrogen and oxygen atoms in total. The molecule has 3 saturated carbocycles. The molecule has 4 aliphatic rings. The predicted molar refractivity (Wildman–Crippen MR) is 128 cm³/mol. The van der Waals surface area contributed by atoms with Crippen molar-refractivity contribution in [3.63, 3.8) is 0 Å². The lowest BCUT2D eigenvalue weighted by Crippen LogP contribution is -2.52. The first kappa shape index (κ1) is 22.9. The third-order valence-corrected chi connectivity index (χ3v) is 11.9. The van der Waals surface area contributed by atoms with Crippen molar-refractivity contribution in [1.82, 2.24) is 0 Å². The minimum absolute atomic E-state index is 0.337. The minimum atomic E-state index is 0.337. The van der Waals surface area contributed by atoms with Gasteiger partial charge in [0, 0.05) is 6.61 Å². The van der Waals surface area contributed by atoms with Crippen LogP contribution in [0.25, 0.3) is 0 Å². The molecule has 2 unspecified atom stereocenters. The third kappa shape index (κ3) is 3.36. The zero-order valence-electron chi connectivity index (χ0n) is 21.0. The highest BCUT2D eigenvalue weighted by molar-refractivity contribution is 5.31. The van der Waals surface area contributed by atoms with Crippen LogP contribution in [0.5, 0.6) is 0 Å². The van der Waals surface area contributed by atoms with Crippen molar-refractivity contribution in [3.05, 3.63) is 11.6 Å². The first-order valence-corrected chi connectivity index (χ1v) is 13.5. The second-order valence-electron chi connectivity index (χ2n) is 13.0. The van der Waals surface area contributed by atoms with E-state index in [-0.39, 0.29) is 0 Å². The summed E-state index contributed by atoms with van der Waals surface area (Å²) in [5.74, 6) is 4.56. The van der Waals surface area contributed by atoms with Crippen molar-refractivity contribution < 1.29 is 5.11 Å². The number of hydrogen-bond donors (Lipinski definition) is 1. The van der Waals surface area contributed by atoms with Gasteiger partial charge in [0.15, 0.2) is 0 Å². The molecule has 0 saturated heterocycles. The van der Waals surface area contributed by atoms with Gasteiger partial charge in [0.05, 0.1) is 0 Å². The van der Waals surface area contributed by atoms with E-state index in [9.17, 15) is 5.11 Å². The molecule has 172 valence electrons. The van der Waals surface area contributed by atoms with Gasteiger partial charge in [0.2, 0.25) is 0 Å². The van der Waals surface area contributed by atoms with Crippen LogP contribution in [0.15, 0.2) is 11.6 Å². The maximum Gasteiger partial charge on any atom is 0.0459 e. The van der Waals surface area contributed by atoms with Crippen LogP contribution < -0.4 is 0 Å². The molecule has 0 radical (unpaired) electrons. The molecular formula is C29H50O. The number of allylic oxidation sites excluding steroid dienone is 2. The zero-order chi connectivity index (χ0) is 21.7. The molecule has 30 heavy (non-hydrogen) atoms. The van der Waals surface area contributed by atoms with Crippen molar-refractivity contribution in [2.75, 3.05) is 6.61 Å². The van der Waals surface area contributed by atoms with Gasteiger partial charge in [-0.15, -0.1) is 0 Å². The quantitative estimate of drug-likeness (QED) is 0.436. The number of aliphatic hydroxyl groups is 1. The first-order valence-electron chi connectivity index (χ1n) is 13.5. The molecule has 3 fully saturated rings. The first-order chi connectivity index (χ1) is 14.2. The van der Waals surface area contributed by atoms with E-state index in [4.69, 9.17) is 0 Å². The fourth-order valence-corrected chi connectivity index (χ4v) is 9.07. The Bertz CT molecular complexity index is 651. The van der Waals surface area contributed by atoms with Crippen molar-refractivity contribution in [3.8, 4) is 0 Å². The van der Waals surface area contributed by atoms with Crippen molar-refractivity contribution >= 4 is 0 Å². The molecule has 0 aliphatic heterocycles. The lowest BCUT2D eigenvalue weighted by atomic mass is 9.44. The van der Waals surface area contributed by atoms with Gasteiger partial charge in [-0.3, -0.25) is 0 Å². The lowest BCUT2D eigenvalue weighted by molar-refractivity contribution is -0.0427. The topological polar surface area (TPSA) is 20.2 Å². The molecule has 0 amide bonds. The van der Waals surface area contributed by atoms with E-state index >= 15 is 0 Å². The average molecular weight is 415 g/mol. The summed E-state index contributed by atoms with van der Waals surface area (Å²) in [6.07, 6.45) is 18.4. The van der Waals surface area contributed by atoms with Crippen molar-refractivity contribution in [2.24, 2.45) is 51.8 Å².